The first-order chi connectivity index (χ1) is 16.7. The van der Waals surface area contributed by atoms with Crippen LogP contribution in [0.5, 0.6) is 5.75 Å². The molecule has 0 saturated carbocycles. The average Bonchev–Trinajstić information content (AvgIpc) is 3.53. The first-order valence-corrected chi connectivity index (χ1v) is 10.8. The standard InChI is InChI=1S/C25H19N7O2/c1-15-16(10-26)5-4-7-17(15)20-9-19(24-25(29-20)28-13-27-24)21-11-32(31-30-21)12-23-18-6-2-3-8-22(18)33-14-34-23/h2-9,11,13,23H,12,14H2,1H3,(H,27,28,29). The third-order valence-corrected chi connectivity index (χ3v) is 6.04. The molecule has 0 aliphatic carbocycles. The van der Waals surface area contributed by atoms with Gasteiger partial charge in [-0.1, -0.05) is 35.5 Å². The Labute approximate surface area is 194 Å². The Morgan fingerprint density at radius 3 is 2.97 bits per heavy atom. The van der Waals surface area contributed by atoms with Gasteiger partial charge in [0, 0.05) is 16.7 Å². The van der Waals surface area contributed by atoms with Gasteiger partial charge in [-0.05, 0) is 30.7 Å². The van der Waals surface area contributed by atoms with E-state index in [9.17, 15) is 5.26 Å². The molecule has 1 aliphatic heterocycles. The fraction of sp³-hybridized carbons (Fsp3) is 0.160. The molecular formula is C25H19N7O2. The van der Waals surface area contributed by atoms with E-state index >= 15 is 0 Å². The number of aromatic amines is 1. The van der Waals surface area contributed by atoms with Gasteiger partial charge in [0.05, 0.1) is 41.9 Å². The van der Waals surface area contributed by atoms with Crippen molar-refractivity contribution in [3.63, 3.8) is 0 Å². The van der Waals surface area contributed by atoms with Crippen LogP contribution in [0.1, 0.15) is 22.8 Å². The van der Waals surface area contributed by atoms with Crippen molar-refractivity contribution in [1.82, 2.24) is 29.9 Å². The number of imidazole rings is 1. The van der Waals surface area contributed by atoms with E-state index in [1.54, 1.807) is 17.1 Å². The van der Waals surface area contributed by atoms with Crippen LogP contribution in [-0.4, -0.2) is 36.7 Å². The summed E-state index contributed by atoms with van der Waals surface area (Å²) in [6, 6.07) is 17.7. The van der Waals surface area contributed by atoms with Crippen LogP contribution in [0.25, 0.3) is 33.7 Å². The largest absolute Gasteiger partial charge is 0.467 e. The Morgan fingerprint density at radius 2 is 2.06 bits per heavy atom. The molecule has 166 valence electrons. The molecule has 1 N–H and O–H groups in total. The molecule has 34 heavy (non-hydrogen) atoms. The van der Waals surface area contributed by atoms with E-state index in [1.165, 1.54) is 0 Å². The van der Waals surface area contributed by atoms with Crippen molar-refractivity contribution in [3.05, 3.63) is 77.7 Å². The van der Waals surface area contributed by atoms with E-state index in [4.69, 9.17) is 14.5 Å². The topological polar surface area (TPSA) is 115 Å². The molecule has 5 aromatic rings. The normalized spacial score (nSPS) is 15.0. The van der Waals surface area contributed by atoms with Gasteiger partial charge in [-0.25, -0.2) is 14.6 Å². The summed E-state index contributed by atoms with van der Waals surface area (Å²) in [6.07, 6.45) is 3.32. The minimum atomic E-state index is -0.184. The zero-order chi connectivity index (χ0) is 23.1. The minimum absolute atomic E-state index is 0.184. The summed E-state index contributed by atoms with van der Waals surface area (Å²) < 4.78 is 13.2. The van der Waals surface area contributed by atoms with Gasteiger partial charge >= 0.3 is 0 Å². The lowest BCUT2D eigenvalue weighted by Crippen LogP contribution is -2.21. The van der Waals surface area contributed by atoms with Crippen LogP contribution in [0.2, 0.25) is 0 Å². The second-order valence-corrected chi connectivity index (χ2v) is 8.03. The molecule has 3 aromatic heterocycles. The molecule has 1 unspecified atom stereocenters. The maximum atomic E-state index is 9.43. The number of para-hydroxylation sites is 1. The number of fused-ring (bicyclic) bond motifs is 2. The third kappa shape index (κ3) is 3.37. The number of aromatic nitrogens is 6. The maximum absolute atomic E-state index is 9.43. The van der Waals surface area contributed by atoms with Gasteiger partial charge in [0.25, 0.3) is 0 Å². The first-order valence-electron chi connectivity index (χ1n) is 10.8. The van der Waals surface area contributed by atoms with Gasteiger partial charge in [0.2, 0.25) is 0 Å². The van der Waals surface area contributed by atoms with E-state index in [1.807, 2.05) is 55.6 Å². The predicted octanol–water partition coefficient (Wildman–Crippen LogP) is 4.17. The summed E-state index contributed by atoms with van der Waals surface area (Å²) in [7, 11) is 0. The Kier molecular flexibility index (Phi) is 4.78. The van der Waals surface area contributed by atoms with Crippen LogP contribution in [-0.2, 0) is 11.3 Å². The third-order valence-electron chi connectivity index (χ3n) is 6.04. The van der Waals surface area contributed by atoms with Crippen molar-refractivity contribution < 1.29 is 9.47 Å². The lowest BCUT2D eigenvalue weighted by Gasteiger charge is -2.25. The highest BCUT2D eigenvalue weighted by molar-refractivity contribution is 5.91. The minimum Gasteiger partial charge on any atom is -0.467 e. The number of hydrogen-bond acceptors (Lipinski definition) is 7. The van der Waals surface area contributed by atoms with Crippen LogP contribution in [0.3, 0.4) is 0 Å². The molecule has 0 amide bonds. The summed E-state index contributed by atoms with van der Waals surface area (Å²) in [6.45, 7) is 2.62. The molecule has 0 spiro atoms. The van der Waals surface area contributed by atoms with Gasteiger partial charge in [0.15, 0.2) is 12.4 Å². The maximum Gasteiger partial charge on any atom is 0.189 e. The molecule has 6 rings (SSSR count). The summed E-state index contributed by atoms with van der Waals surface area (Å²) in [5.41, 5.74) is 6.95. The zero-order valence-electron chi connectivity index (χ0n) is 18.3. The summed E-state index contributed by atoms with van der Waals surface area (Å²) in [4.78, 5) is 12.2. The van der Waals surface area contributed by atoms with Crippen LogP contribution >= 0.6 is 0 Å². The molecule has 4 heterocycles. The fourth-order valence-corrected chi connectivity index (χ4v) is 4.28. The van der Waals surface area contributed by atoms with E-state index < -0.39 is 0 Å². The lowest BCUT2D eigenvalue weighted by molar-refractivity contribution is -0.0672. The van der Waals surface area contributed by atoms with Crippen molar-refractivity contribution in [3.8, 4) is 34.3 Å². The second kappa shape index (κ2) is 8.10. The number of nitrogens with zero attached hydrogens (tertiary/aromatic N) is 6. The molecular weight excluding hydrogens is 430 g/mol. The highest BCUT2D eigenvalue weighted by Crippen LogP contribution is 2.34. The Balaban J connectivity index is 1.38. The lowest BCUT2D eigenvalue weighted by atomic mass is 9.99. The molecule has 0 fully saturated rings. The van der Waals surface area contributed by atoms with Gasteiger partial charge in [-0.15, -0.1) is 5.10 Å². The molecule has 9 heteroatoms. The number of H-pyrrole nitrogens is 1. The second-order valence-electron chi connectivity index (χ2n) is 8.03. The quantitative estimate of drug-likeness (QED) is 0.438. The number of hydrogen-bond donors (Lipinski definition) is 1. The monoisotopic (exact) mass is 449 g/mol. The van der Waals surface area contributed by atoms with Gasteiger partial charge in [0.1, 0.15) is 17.5 Å². The van der Waals surface area contributed by atoms with Crippen molar-refractivity contribution in [2.45, 2.75) is 19.6 Å². The fourth-order valence-electron chi connectivity index (χ4n) is 4.28. The SMILES string of the molecule is Cc1c(C#N)cccc1-c1cc(-c2cn(CC3OCOc4ccccc43)nn2)c2[nH]cnc2n1. The molecule has 0 saturated heterocycles. The highest BCUT2D eigenvalue weighted by Gasteiger charge is 2.23. The van der Waals surface area contributed by atoms with Crippen molar-refractivity contribution >= 4 is 11.2 Å². The Hall–Kier alpha value is -4.55. The summed E-state index contributed by atoms with van der Waals surface area (Å²) >= 11 is 0. The van der Waals surface area contributed by atoms with Crippen LogP contribution < -0.4 is 4.74 Å². The van der Waals surface area contributed by atoms with Crippen LogP contribution in [0.15, 0.2) is 61.1 Å². The first kappa shape index (κ1) is 20.1. The van der Waals surface area contributed by atoms with Gasteiger partial charge in [-0.3, -0.25) is 0 Å². The number of nitrogens with one attached hydrogen (secondary N) is 1. The van der Waals surface area contributed by atoms with Crippen molar-refractivity contribution in [2.24, 2.45) is 0 Å². The predicted molar refractivity (Wildman–Crippen MR) is 124 cm³/mol. The zero-order valence-corrected chi connectivity index (χ0v) is 18.3. The van der Waals surface area contributed by atoms with E-state index in [-0.39, 0.29) is 12.9 Å². The molecule has 2 aromatic carbocycles. The number of nitriles is 1. The van der Waals surface area contributed by atoms with E-state index in [2.05, 4.69) is 26.3 Å². The average molecular weight is 449 g/mol. The van der Waals surface area contributed by atoms with Crippen LogP contribution in [0.4, 0.5) is 0 Å². The number of benzene rings is 2. The molecule has 1 aliphatic rings. The molecule has 0 bridgehead atoms. The van der Waals surface area contributed by atoms with Gasteiger partial charge in [-0.2, -0.15) is 5.26 Å². The summed E-state index contributed by atoms with van der Waals surface area (Å²) in [5, 5.41) is 18.2. The summed E-state index contributed by atoms with van der Waals surface area (Å²) in [5.74, 6) is 0.826. The number of ether oxygens (including phenoxy) is 2. The number of pyridine rings is 1. The van der Waals surface area contributed by atoms with Gasteiger partial charge < -0.3 is 14.5 Å². The Morgan fingerprint density at radius 1 is 1.15 bits per heavy atom. The van der Waals surface area contributed by atoms with Crippen LogP contribution in [0, 0.1) is 18.3 Å². The smallest absolute Gasteiger partial charge is 0.189 e. The van der Waals surface area contributed by atoms with Crippen molar-refractivity contribution in [1.29, 1.82) is 5.26 Å². The van der Waals surface area contributed by atoms with E-state index in [0.29, 0.717) is 23.4 Å². The molecule has 9 nitrogen and oxygen atoms in total. The molecule has 0 radical (unpaired) electrons. The Bertz CT molecular complexity index is 1560. The van der Waals surface area contributed by atoms with Crippen molar-refractivity contribution in [2.75, 3.05) is 6.79 Å². The highest BCUT2D eigenvalue weighted by atomic mass is 16.7. The number of rotatable bonds is 4. The van der Waals surface area contributed by atoms with E-state index in [0.717, 1.165) is 39.2 Å². The molecule has 1 atom stereocenters.